The first-order chi connectivity index (χ1) is 9.15. The molecule has 1 heterocycles. The summed E-state index contributed by atoms with van der Waals surface area (Å²) in [5.74, 6) is 5.91. The topological polar surface area (TPSA) is 56.5 Å². The van der Waals surface area contributed by atoms with Gasteiger partial charge < -0.3 is 9.47 Å². The molecule has 2 rings (SSSR count). The molecule has 4 nitrogen and oxygen atoms in total. The molecule has 0 aliphatic carbocycles. The van der Waals surface area contributed by atoms with Crippen molar-refractivity contribution in [1.82, 2.24) is 5.43 Å². The van der Waals surface area contributed by atoms with Gasteiger partial charge in [-0.05, 0) is 37.5 Å². The predicted molar refractivity (Wildman–Crippen MR) is 71.3 cm³/mol. The molecule has 1 saturated heterocycles. The zero-order valence-electron chi connectivity index (χ0n) is 11.4. The van der Waals surface area contributed by atoms with Crippen LogP contribution in [0.15, 0.2) is 18.2 Å². The molecule has 0 aromatic heterocycles. The average molecular weight is 268 g/mol. The second-order valence-corrected chi connectivity index (χ2v) is 4.97. The van der Waals surface area contributed by atoms with Crippen LogP contribution in [0.3, 0.4) is 0 Å². The second-order valence-electron chi connectivity index (χ2n) is 4.97. The maximum absolute atomic E-state index is 13.7. The van der Waals surface area contributed by atoms with Crippen LogP contribution in [0.5, 0.6) is 5.75 Å². The molecule has 0 saturated carbocycles. The summed E-state index contributed by atoms with van der Waals surface area (Å²) in [6.07, 6.45) is 1.84. The minimum atomic E-state index is -0.341. The summed E-state index contributed by atoms with van der Waals surface area (Å²) in [6, 6.07) is 5.11. The molecule has 1 aliphatic rings. The molecule has 0 bridgehead atoms. The van der Waals surface area contributed by atoms with E-state index in [0.717, 1.165) is 18.6 Å². The molecule has 3 atom stereocenters. The van der Waals surface area contributed by atoms with Gasteiger partial charge in [0.25, 0.3) is 0 Å². The molecule has 19 heavy (non-hydrogen) atoms. The van der Waals surface area contributed by atoms with E-state index in [1.54, 1.807) is 6.07 Å². The Hall–Kier alpha value is -1.17. The molecule has 106 valence electrons. The number of benzene rings is 1. The Bertz CT molecular complexity index is 428. The molecule has 0 radical (unpaired) electrons. The highest BCUT2D eigenvalue weighted by Crippen LogP contribution is 2.26. The number of methoxy groups -OCH3 is 1. The number of hydrazine groups is 1. The van der Waals surface area contributed by atoms with Crippen molar-refractivity contribution in [2.45, 2.75) is 31.9 Å². The summed E-state index contributed by atoms with van der Waals surface area (Å²) in [5.41, 5.74) is 3.74. The van der Waals surface area contributed by atoms with E-state index in [4.69, 9.17) is 15.3 Å². The van der Waals surface area contributed by atoms with Crippen molar-refractivity contribution >= 4 is 0 Å². The van der Waals surface area contributed by atoms with Crippen molar-refractivity contribution in [2.24, 2.45) is 11.8 Å². The number of hydrogen-bond donors (Lipinski definition) is 2. The molecule has 1 aromatic rings. The van der Waals surface area contributed by atoms with Gasteiger partial charge in [0.1, 0.15) is 0 Å². The molecule has 3 unspecified atom stereocenters. The number of halogens is 1. The number of rotatable bonds is 5. The standard InChI is InChI=1S/C14H21FN2O2/c1-9-11(5-6-19-9)13(17-16)8-10-3-4-14(18-2)12(15)7-10/h3-4,7,9,11,13,17H,5-6,8,16H2,1-2H3. The lowest BCUT2D eigenvalue weighted by atomic mass is 9.89. The monoisotopic (exact) mass is 268 g/mol. The first-order valence-corrected chi connectivity index (χ1v) is 6.56. The van der Waals surface area contributed by atoms with E-state index < -0.39 is 0 Å². The first kappa shape index (κ1) is 14.2. The van der Waals surface area contributed by atoms with E-state index in [-0.39, 0.29) is 23.7 Å². The van der Waals surface area contributed by atoms with Gasteiger partial charge in [0, 0.05) is 18.6 Å². The van der Waals surface area contributed by atoms with Crippen molar-refractivity contribution in [3.05, 3.63) is 29.6 Å². The van der Waals surface area contributed by atoms with E-state index in [1.165, 1.54) is 13.2 Å². The van der Waals surface area contributed by atoms with E-state index in [9.17, 15) is 4.39 Å². The minimum absolute atomic E-state index is 0.0882. The largest absolute Gasteiger partial charge is 0.494 e. The van der Waals surface area contributed by atoms with Crippen LogP contribution >= 0.6 is 0 Å². The van der Waals surface area contributed by atoms with Crippen LogP contribution in [-0.4, -0.2) is 25.9 Å². The Morgan fingerprint density at radius 3 is 2.89 bits per heavy atom. The highest BCUT2D eigenvalue weighted by molar-refractivity contribution is 5.29. The number of nitrogens with two attached hydrogens (primary N) is 1. The molecule has 0 spiro atoms. The second kappa shape index (κ2) is 6.32. The minimum Gasteiger partial charge on any atom is -0.494 e. The Balaban J connectivity index is 2.07. The molecule has 0 amide bonds. The SMILES string of the molecule is COc1ccc(CC(NN)C2CCOC2C)cc1F. The van der Waals surface area contributed by atoms with Crippen LogP contribution in [0.25, 0.3) is 0 Å². The van der Waals surface area contributed by atoms with Gasteiger partial charge in [-0.2, -0.15) is 0 Å². The summed E-state index contributed by atoms with van der Waals surface area (Å²) in [7, 11) is 1.46. The van der Waals surface area contributed by atoms with Crippen LogP contribution in [-0.2, 0) is 11.2 Å². The molecule has 1 fully saturated rings. The number of hydrogen-bond acceptors (Lipinski definition) is 4. The fourth-order valence-electron chi connectivity index (χ4n) is 2.70. The van der Waals surface area contributed by atoms with Crippen molar-refractivity contribution in [3.8, 4) is 5.75 Å². The van der Waals surface area contributed by atoms with Gasteiger partial charge in [-0.1, -0.05) is 6.07 Å². The Kier molecular flexibility index (Phi) is 4.74. The normalized spacial score (nSPS) is 24.4. The molecular weight excluding hydrogens is 247 g/mol. The van der Waals surface area contributed by atoms with Gasteiger partial charge in [-0.3, -0.25) is 11.3 Å². The Labute approximate surface area is 113 Å². The third-order valence-electron chi connectivity index (χ3n) is 3.84. The van der Waals surface area contributed by atoms with Gasteiger partial charge in [0.05, 0.1) is 13.2 Å². The van der Waals surface area contributed by atoms with Crippen molar-refractivity contribution in [3.63, 3.8) is 0 Å². The third-order valence-corrected chi connectivity index (χ3v) is 3.84. The van der Waals surface area contributed by atoms with E-state index in [0.29, 0.717) is 12.3 Å². The summed E-state index contributed by atoms with van der Waals surface area (Å²) in [5, 5.41) is 0. The van der Waals surface area contributed by atoms with Crippen LogP contribution in [0.2, 0.25) is 0 Å². The zero-order chi connectivity index (χ0) is 13.8. The van der Waals surface area contributed by atoms with Crippen molar-refractivity contribution < 1.29 is 13.9 Å². The van der Waals surface area contributed by atoms with E-state index in [2.05, 4.69) is 12.3 Å². The quantitative estimate of drug-likeness (QED) is 0.629. The van der Waals surface area contributed by atoms with Gasteiger partial charge in [-0.15, -0.1) is 0 Å². The maximum Gasteiger partial charge on any atom is 0.165 e. The van der Waals surface area contributed by atoms with Gasteiger partial charge in [0.15, 0.2) is 11.6 Å². The highest BCUT2D eigenvalue weighted by atomic mass is 19.1. The number of nitrogens with one attached hydrogen (secondary N) is 1. The smallest absolute Gasteiger partial charge is 0.165 e. The molecule has 5 heteroatoms. The summed E-state index contributed by atoms with van der Waals surface area (Å²) < 4.78 is 24.1. The lowest BCUT2D eigenvalue weighted by Crippen LogP contribution is -2.44. The highest BCUT2D eigenvalue weighted by Gasteiger charge is 2.31. The van der Waals surface area contributed by atoms with E-state index >= 15 is 0 Å². The predicted octanol–water partition coefficient (Wildman–Crippen LogP) is 1.63. The van der Waals surface area contributed by atoms with Crippen molar-refractivity contribution in [2.75, 3.05) is 13.7 Å². The lowest BCUT2D eigenvalue weighted by molar-refractivity contribution is 0.0954. The summed E-state index contributed by atoms with van der Waals surface area (Å²) >= 11 is 0. The molecule has 3 N–H and O–H groups in total. The van der Waals surface area contributed by atoms with Gasteiger partial charge in [-0.25, -0.2) is 4.39 Å². The van der Waals surface area contributed by atoms with E-state index in [1.807, 2.05) is 6.07 Å². The Morgan fingerprint density at radius 1 is 1.58 bits per heavy atom. The molecular formula is C14H21FN2O2. The fourth-order valence-corrected chi connectivity index (χ4v) is 2.70. The Morgan fingerprint density at radius 2 is 2.37 bits per heavy atom. The first-order valence-electron chi connectivity index (χ1n) is 6.56. The maximum atomic E-state index is 13.7. The van der Waals surface area contributed by atoms with Crippen LogP contribution in [0, 0.1) is 11.7 Å². The van der Waals surface area contributed by atoms with Crippen molar-refractivity contribution in [1.29, 1.82) is 0 Å². The molecule has 1 aromatic carbocycles. The third kappa shape index (κ3) is 3.23. The van der Waals surface area contributed by atoms with Gasteiger partial charge >= 0.3 is 0 Å². The van der Waals surface area contributed by atoms with Gasteiger partial charge in [0.2, 0.25) is 0 Å². The van der Waals surface area contributed by atoms with Crippen LogP contribution < -0.4 is 16.0 Å². The number of ether oxygens (including phenoxy) is 2. The zero-order valence-corrected chi connectivity index (χ0v) is 11.4. The van der Waals surface area contributed by atoms with Crippen LogP contribution in [0.4, 0.5) is 4.39 Å². The summed E-state index contributed by atoms with van der Waals surface area (Å²) in [6.45, 7) is 2.82. The fraction of sp³-hybridized carbons (Fsp3) is 0.571. The average Bonchev–Trinajstić information content (AvgIpc) is 2.82. The van der Waals surface area contributed by atoms with Crippen LogP contribution in [0.1, 0.15) is 18.9 Å². The summed E-state index contributed by atoms with van der Waals surface area (Å²) in [4.78, 5) is 0. The molecule has 1 aliphatic heterocycles. The lowest BCUT2D eigenvalue weighted by Gasteiger charge is -2.25.